The zero-order valence-electron chi connectivity index (χ0n) is 22.7. The molecule has 0 atom stereocenters. The van der Waals surface area contributed by atoms with E-state index in [2.05, 4.69) is 86.6 Å². The van der Waals surface area contributed by atoms with Crippen LogP contribution >= 0.6 is 18.6 Å². The van der Waals surface area contributed by atoms with E-state index in [1.54, 1.807) is 45.3 Å². The molecule has 2 saturated heterocycles. The van der Waals surface area contributed by atoms with Gasteiger partial charge < -0.3 is 0 Å². The second-order valence-electron chi connectivity index (χ2n) is 11.2. The van der Waals surface area contributed by atoms with E-state index in [-0.39, 0.29) is 0 Å². The summed E-state index contributed by atoms with van der Waals surface area (Å²) >= 11 is -0.556. The Balaban J connectivity index is 0.000000157. The molecule has 2 heterocycles. The third kappa shape index (κ3) is 6.59. The first-order valence-corrected chi connectivity index (χ1v) is 23.9. The van der Waals surface area contributed by atoms with E-state index in [1.807, 2.05) is 0 Å². The van der Waals surface area contributed by atoms with Gasteiger partial charge in [-0.2, -0.15) is 24.3 Å². The Bertz CT molecular complexity index is 1140. The van der Waals surface area contributed by atoms with Gasteiger partial charge in [0.1, 0.15) is 0 Å². The molecule has 0 bridgehead atoms. The van der Waals surface area contributed by atoms with Crippen LogP contribution in [0.3, 0.4) is 0 Å². The molecule has 0 amide bonds. The Morgan fingerprint density at radius 3 is 1.35 bits per heavy atom. The van der Waals surface area contributed by atoms with Crippen LogP contribution in [0.1, 0.15) is 52.4 Å². The molecule has 4 aromatic rings. The molecule has 0 N–H and O–H groups in total. The van der Waals surface area contributed by atoms with Crippen molar-refractivity contribution in [3.05, 3.63) is 72.8 Å². The van der Waals surface area contributed by atoms with Crippen molar-refractivity contribution in [1.82, 2.24) is 0 Å². The van der Waals surface area contributed by atoms with Crippen molar-refractivity contribution in [2.24, 2.45) is 0 Å². The van der Waals surface area contributed by atoms with Crippen LogP contribution in [0.4, 0.5) is 0 Å². The Morgan fingerprint density at radius 2 is 1.03 bits per heavy atom. The van der Waals surface area contributed by atoms with Crippen LogP contribution in [0.25, 0.3) is 21.5 Å². The van der Waals surface area contributed by atoms with Gasteiger partial charge in [0.15, 0.2) is 0 Å². The summed E-state index contributed by atoms with van der Waals surface area (Å²) in [6, 6.07) is 36.7. The SMILES string of the molecule is CCCC[Si]1([c-]2ccc3ccccc32)CCC1.CCCC[Si]1([c-]2ccc3ccccc32)CCC1.[Cl][Ti][Cl]. The molecule has 37 heavy (non-hydrogen) atoms. The van der Waals surface area contributed by atoms with Crippen LogP contribution in [0, 0.1) is 0 Å². The van der Waals surface area contributed by atoms with Gasteiger partial charge >= 0.3 is 35.6 Å². The molecule has 0 aromatic heterocycles. The summed E-state index contributed by atoms with van der Waals surface area (Å²) in [5.74, 6) is 0. The molecule has 2 aliphatic rings. The maximum absolute atomic E-state index is 4.89. The Morgan fingerprint density at radius 1 is 0.649 bits per heavy atom. The van der Waals surface area contributed by atoms with Crippen molar-refractivity contribution < 1.29 is 17.0 Å². The summed E-state index contributed by atoms with van der Waals surface area (Å²) in [6.07, 6.45) is 8.54. The van der Waals surface area contributed by atoms with E-state index in [0.29, 0.717) is 0 Å². The fourth-order valence-corrected chi connectivity index (χ4v) is 16.3. The van der Waals surface area contributed by atoms with Gasteiger partial charge in [-0.15, -0.1) is 68.3 Å². The quantitative estimate of drug-likeness (QED) is 0.139. The number of hydrogen-bond acceptors (Lipinski definition) is 0. The van der Waals surface area contributed by atoms with Crippen LogP contribution in [-0.2, 0) is 17.0 Å². The summed E-state index contributed by atoms with van der Waals surface area (Å²) in [5.41, 5.74) is 0. The number of fused-ring (bicyclic) bond motifs is 2. The molecule has 2 aliphatic heterocycles. The van der Waals surface area contributed by atoms with Gasteiger partial charge in [0.25, 0.3) is 0 Å². The second kappa shape index (κ2) is 14.1. The van der Waals surface area contributed by atoms with Crippen LogP contribution in [0.2, 0.25) is 36.3 Å². The molecule has 4 aromatic carbocycles. The summed E-state index contributed by atoms with van der Waals surface area (Å²) in [6.45, 7) is 4.65. The van der Waals surface area contributed by atoms with Crippen LogP contribution in [0.5, 0.6) is 0 Å². The summed E-state index contributed by atoms with van der Waals surface area (Å²) in [7, 11) is 7.67. The van der Waals surface area contributed by atoms with Crippen molar-refractivity contribution in [2.75, 3.05) is 0 Å². The topological polar surface area (TPSA) is 0 Å². The molecular formula is C32H42Cl2Si2Ti-2. The molecule has 0 spiro atoms. The molecule has 5 heteroatoms. The number of rotatable bonds is 8. The molecular weight excluding hydrogens is 559 g/mol. The number of benzene rings is 2. The first-order chi connectivity index (χ1) is 18.1. The maximum atomic E-state index is 4.89. The molecule has 0 nitrogen and oxygen atoms in total. The van der Waals surface area contributed by atoms with E-state index in [4.69, 9.17) is 18.6 Å². The van der Waals surface area contributed by atoms with E-state index in [1.165, 1.54) is 61.4 Å². The van der Waals surface area contributed by atoms with Crippen molar-refractivity contribution in [2.45, 2.75) is 88.6 Å². The fourth-order valence-electron chi connectivity index (χ4n) is 6.77. The minimum atomic E-state index is -1.05. The van der Waals surface area contributed by atoms with Gasteiger partial charge in [-0.25, -0.2) is 0 Å². The van der Waals surface area contributed by atoms with Crippen molar-refractivity contribution in [1.29, 1.82) is 0 Å². The second-order valence-corrected chi connectivity index (χ2v) is 23.0. The normalized spacial score (nSPS) is 17.1. The van der Waals surface area contributed by atoms with E-state index < -0.39 is 33.2 Å². The Kier molecular flexibility index (Phi) is 11.2. The minimum absolute atomic E-state index is 0.556. The monoisotopic (exact) mass is 600 g/mol. The summed E-state index contributed by atoms with van der Waals surface area (Å²) in [5, 5.41) is 9.58. The summed E-state index contributed by atoms with van der Waals surface area (Å²) in [4.78, 5) is 0. The molecule has 0 radical (unpaired) electrons. The Hall–Kier alpha value is -0.612. The van der Waals surface area contributed by atoms with Gasteiger partial charge in [0.2, 0.25) is 0 Å². The average Bonchev–Trinajstić information content (AvgIpc) is 3.50. The van der Waals surface area contributed by atoms with E-state index in [0.717, 1.165) is 0 Å². The van der Waals surface area contributed by atoms with Gasteiger partial charge in [-0.3, -0.25) is 0 Å². The van der Waals surface area contributed by atoms with E-state index in [9.17, 15) is 0 Å². The van der Waals surface area contributed by atoms with Crippen molar-refractivity contribution in [3.63, 3.8) is 0 Å². The number of unbranched alkanes of at least 4 members (excludes halogenated alkanes) is 2. The fraction of sp³-hybridized carbons (Fsp3) is 0.438. The van der Waals surface area contributed by atoms with E-state index >= 15 is 0 Å². The van der Waals surface area contributed by atoms with Crippen LogP contribution in [-0.4, -0.2) is 16.1 Å². The van der Waals surface area contributed by atoms with Crippen LogP contribution < -0.4 is 10.4 Å². The molecule has 2 fully saturated rings. The standard InChI is InChI=1S/2C16H21Si.2ClH.Ti/c2*1-2-3-11-17(12-6-13-17)16-10-9-14-7-4-5-8-15(14)16;;;/h2*4-5,7-10H,2-3,6,11-13H2,1H3;2*1H;/q2*-1;;;+2/p-2. The predicted octanol–water partition coefficient (Wildman–Crippen LogP) is 10.2. The van der Waals surface area contributed by atoms with Crippen molar-refractivity contribution in [3.8, 4) is 0 Å². The molecule has 0 aliphatic carbocycles. The molecule has 0 saturated carbocycles. The first-order valence-electron chi connectivity index (χ1n) is 14.4. The van der Waals surface area contributed by atoms with Crippen LogP contribution in [0.15, 0.2) is 72.8 Å². The third-order valence-corrected chi connectivity index (χ3v) is 20.2. The number of halogens is 2. The summed E-state index contributed by atoms with van der Waals surface area (Å²) < 4.78 is 0. The zero-order chi connectivity index (χ0) is 26.1. The molecule has 6 rings (SSSR count). The predicted molar refractivity (Wildman–Crippen MR) is 169 cm³/mol. The van der Waals surface area contributed by atoms with Gasteiger partial charge in [-0.1, -0.05) is 101 Å². The first kappa shape index (κ1) is 29.4. The van der Waals surface area contributed by atoms with Crippen molar-refractivity contribution >= 4 is 66.7 Å². The Labute approximate surface area is 243 Å². The third-order valence-electron chi connectivity index (χ3n) is 9.14. The van der Waals surface area contributed by atoms with Gasteiger partial charge in [0.05, 0.1) is 0 Å². The molecule has 0 unspecified atom stereocenters. The molecule has 198 valence electrons. The number of hydrogen-bond donors (Lipinski definition) is 0. The average molecular weight is 602 g/mol. The van der Waals surface area contributed by atoms with Gasteiger partial charge in [-0.05, 0) is 0 Å². The zero-order valence-corrected chi connectivity index (χ0v) is 27.7. The van der Waals surface area contributed by atoms with Gasteiger partial charge in [0, 0.05) is 16.1 Å².